The zero-order chi connectivity index (χ0) is 20.0. The molecule has 150 valence electrons. The Hall–Kier alpha value is -2.05. The Labute approximate surface area is 153 Å². The number of nitrogens with zero attached hydrogens (tertiary/aromatic N) is 1. The van der Waals surface area contributed by atoms with Crippen molar-refractivity contribution in [3.63, 3.8) is 0 Å². The topological polar surface area (TPSA) is 123 Å². The zero-order valence-electron chi connectivity index (χ0n) is 14.2. The van der Waals surface area contributed by atoms with E-state index in [1.165, 1.54) is 0 Å². The monoisotopic (exact) mass is 409 g/mol. The second-order valence-electron chi connectivity index (χ2n) is 6.41. The van der Waals surface area contributed by atoms with E-state index in [0.717, 1.165) is 12.5 Å². The number of aliphatic hydroxyl groups is 1. The van der Waals surface area contributed by atoms with Crippen LogP contribution in [0.2, 0.25) is 0 Å². The van der Waals surface area contributed by atoms with Crippen LogP contribution in [0.15, 0.2) is 22.1 Å². The maximum atomic E-state index is 13.4. The fourth-order valence-electron chi connectivity index (χ4n) is 3.49. The highest BCUT2D eigenvalue weighted by Crippen LogP contribution is 2.50. The summed E-state index contributed by atoms with van der Waals surface area (Å²) < 4.78 is 75.2. The predicted molar refractivity (Wildman–Crippen MR) is 87.2 cm³/mol. The number of halogens is 3. The molecule has 8 nitrogen and oxygen atoms in total. The first-order valence-electron chi connectivity index (χ1n) is 8.06. The standard InChI is InChI=1S/C15H18F3N3O5S/c1-2-5-14(13-21-20-7-25-13)6-9(22)11-8(15(16,17)18)3-4-10(12(11)26-14)27(19,23)24/h3-4,7,9,13,21-22H,2,5-6H2,1H3,(H2,19,23,24). The average molecular weight is 409 g/mol. The Bertz CT molecular complexity index is 866. The molecule has 3 unspecified atom stereocenters. The van der Waals surface area contributed by atoms with Crippen molar-refractivity contribution in [1.29, 1.82) is 0 Å². The number of nitrogens with two attached hydrogens (primary N) is 1. The third-order valence-corrected chi connectivity index (χ3v) is 5.48. The first-order valence-corrected chi connectivity index (χ1v) is 9.61. The first-order chi connectivity index (χ1) is 12.5. The minimum absolute atomic E-state index is 0.255. The number of rotatable bonds is 4. The maximum Gasteiger partial charge on any atom is 0.416 e. The normalized spacial score (nSPS) is 27.5. The predicted octanol–water partition coefficient (Wildman–Crippen LogP) is 1.60. The average Bonchev–Trinajstić information content (AvgIpc) is 3.07. The van der Waals surface area contributed by atoms with E-state index in [0.29, 0.717) is 12.5 Å². The van der Waals surface area contributed by atoms with Crippen LogP contribution < -0.4 is 15.3 Å². The Morgan fingerprint density at radius 2 is 2.15 bits per heavy atom. The summed E-state index contributed by atoms with van der Waals surface area (Å²) in [6, 6.07) is 1.30. The van der Waals surface area contributed by atoms with Crippen molar-refractivity contribution in [3.05, 3.63) is 23.3 Å². The molecule has 12 heteroatoms. The van der Waals surface area contributed by atoms with Crippen molar-refractivity contribution in [2.24, 2.45) is 10.2 Å². The van der Waals surface area contributed by atoms with Crippen LogP contribution in [0.25, 0.3) is 0 Å². The summed E-state index contributed by atoms with van der Waals surface area (Å²) in [5, 5.41) is 19.4. The van der Waals surface area contributed by atoms with Crippen LogP contribution >= 0.6 is 0 Å². The van der Waals surface area contributed by atoms with Gasteiger partial charge in [-0.2, -0.15) is 13.2 Å². The van der Waals surface area contributed by atoms with Gasteiger partial charge in [0.15, 0.2) is 12.0 Å². The van der Waals surface area contributed by atoms with Crippen LogP contribution in [-0.2, 0) is 20.9 Å². The van der Waals surface area contributed by atoms with Crippen LogP contribution in [0.1, 0.15) is 43.4 Å². The molecule has 0 bridgehead atoms. The highest BCUT2D eigenvalue weighted by molar-refractivity contribution is 7.89. The molecule has 0 fully saturated rings. The van der Waals surface area contributed by atoms with Crippen molar-refractivity contribution in [2.45, 2.75) is 55.2 Å². The summed E-state index contributed by atoms with van der Waals surface area (Å²) in [6.07, 6.45) is -5.77. The number of alkyl halides is 3. The molecule has 1 aromatic carbocycles. The minimum Gasteiger partial charge on any atom is -0.479 e. The fraction of sp³-hybridized carbons (Fsp3) is 0.533. The van der Waals surface area contributed by atoms with Gasteiger partial charge in [-0.1, -0.05) is 13.3 Å². The molecule has 0 saturated carbocycles. The summed E-state index contributed by atoms with van der Waals surface area (Å²) in [6.45, 7) is 1.80. The third-order valence-electron chi connectivity index (χ3n) is 4.54. The van der Waals surface area contributed by atoms with Gasteiger partial charge in [0.1, 0.15) is 10.6 Å². The molecule has 0 saturated heterocycles. The SMILES string of the molecule is CCCC1(C2NN=CO2)CC(O)c2c(C(F)(F)F)ccc(S(N)(=O)=O)c2O1. The van der Waals surface area contributed by atoms with Gasteiger partial charge < -0.3 is 14.6 Å². The molecule has 2 aliphatic heterocycles. The van der Waals surface area contributed by atoms with Gasteiger partial charge in [-0.3, -0.25) is 5.43 Å². The molecule has 1 aromatic rings. The van der Waals surface area contributed by atoms with Crippen LogP contribution in [-0.4, -0.2) is 31.8 Å². The molecule has 0 spiro atoms. The van der Waals surface area contributed by atoms with E-state index in [9.17, 15) is 26.7 Å². The van der Waals surface area contributed by atoms with Crippen molar-refractivity contribution < 1.29 is 36.2 Å². The number of hydrogen-bond donors (Lipinski definition) is 3. The number of hydrazone groups is 1. The highest BCUT2D eigenvalue weighted by atomic mass is 32.2. The van der Waals surface area contributed by atoms with Crippen molar-refractivity contribution >= 4 is 16.4 Å². The number of sulfonamides is 1. The van der Waals surface area contributed by atoms with E-state index in [1.807, 2.05) is 0 Å². The lowest BCUT2D eigenvalue weighted by atomic mass is 9.82. The Morgan fingerprint density at radius 1 is 1.44 bits per heavy atom. The van der Waals surface area contributed by atoms with Crippen LogP contribution in [0.5, 0.6) is 5.75 Å². The molecule has 0 radical (unpaired) electrons. The van der Waals surface area contributed by atoms with E-state index in [1.54, 1.807) is 6.92 Å². The molecule has 0 amide bonds. The molecular formula is C15H18F3N3O5S. The fourth-order valence-corrected chi connectivity index (χ4v) is 4.16. The second kappa shape index (κ2) is 6.53. The lowest BCUT2D eigenvalue weighted by molar-refractivity contribution is -0.143. The Kier molecular flexibility index (Phi) is 4.77. The number of aliphatic hydroxyl groups excluding tert-OH is 1. The lowest BCUT2D eigenvalue weighted by Crippen LogP contribution is -2.55. The molecule has 27 heavy (non-hydrogen) atoms. The lowest BCUT2D eigenvalue weighted by Gasteiger charge is -2.44. The largest absolute Gasteiger partial charge is 0.479 e. The number of ether oxygens (including phenoxy) is 2. The van der Waals surface area contributed by atoms with Gasteiger partial charge in [0.05, 0.1) is 11.7 Å². The molecule has 3 atom stereocenters. The van der Waals surface area contributed by atoms with Crippen molar-refractivity contribution in [2.75, 3.05) is 0 Å². The number of hydrogen-bond acceptors (Lipinski definition) is 7. The maximum absolute atomic E-state index is 13.4. The van der Waals surface area contributed by atoms with Gasteiger partial charge in [-0.25, -0.2) is 13.6 Å². The van der Waals surface area contributed by atoms with E-state index >= 15 is 0 Å². The molecule has 2 heterocycles. The highest BCUT2D eigenvalue weighted by Gasteiger charge is 2.52. The van der Waals surface area contributed by atoms with E-state index in [4.69, 9.17) is 14.6 Å². The van der Waals surface area contributed by atoms with E-state index < -0.39 is 55.9 Å². The Morgan fingerprint density at radius 3 is 2.67 bits per heavy atom. The summed E-state index contributed by atoms with van der Waals surface area (Å²) >= 11 is 0. The quantitative estimate of drug-likeness (QED) is 0.694. The summed E-state index contributed by atoms with van der Waals surface area (Å²) in [5.74, 6) is -0.614. The zero-order valence-corrected chi connectivity index (χ0v) is 15.0. The van der Waals surface area contributed by atoms with Gasteiger partial charge in [0, 0.05) is 12.0 Å². The van der Waals surface area contributed by atoms with E-state index in [-0.39, 0.29) is 12.8 Å². The minimum atomic E-state index is -4.82. The molecular weight excluding hydrogens is 391 g/mol. The van der Waals surface area contributed by atoms with Crippen LogP contribution in [0.3, 0.4) is 0 Å². The van der Waals surface area contributed by atoms with Gasteiger partial charge in [0.2, 0.25) is 16.3 Å². The molecule has 2 aliphatic rings. The number of primary sulfonamides is 1. The van der Waals surface area contributed by atoms with Gasteiger partial charge >= 0.3 is 6.18 Å². The van der Waals surface area contributed by atoms with Crippen LogP contribution in [0, 0.1) is 0 Å². The summed E-state index contributed by atoms with van der Waals surface area (Å²) in [7, 11) is -4.41. The Balaban J connectivity index is 2.23. The molecule has 0 aromatic heterocycles. The summed E-state index contributed by atoms with van der Waals surface area (Å²) in [5.41, 5.74) is -0.566. The van der Waals surface area contributed by atoms with Crippen LogP contribution in [0.4, 0.5) is 13.2 Å². The smallest absolute Gasteiger partial charge is 0.416 e. The first kappa shape index (κ1) is 19.7. The molecule has 0 aliphatic carbocycles. The van der Waals surface area contributed by atoms with E-state index in [2.05, 4.69) is 10.5 Å². The van der Waals surface area contributed by atoms with Gasteiger partial charge in [-0.15, -0.1) is 5.10 Å². The van der Waals surface area contributed by atoms with Gasteiger partial charge in [-0.05, 0) is 18.6 Å². The number of fused-ring (bicyclic) bond motifs is 1. The van der Waals surface area contributed by atoms with Gasteiger partial charge in [0.25, 0.3) is 0 Å². The number of nitrogens with one attached hydrogen (secondary N) is 1. The molecule has 4 N–H and O–H groups in total. The van der Waals surface area contributed by atoms with Crippen molar-refractivity contribution in [3.8, 4) is 5.75 Å². The second-order valence-corrected chi connectivity index (χ2v) is 7.94. The number of benzene rings is 1. The molecule has 3 rings (SSSR count). The summed E-state index contributed by atoms with van der Waals surface area (Å²) in [4.78, 5) is -0.636. The third kappa shape index (κ3) is 3.44. The van der Waals surface area contributed by atoms with Crippen molar-refractivity contribution in [1.82, 2.24) is 5.43 Å².